The molecule has 1 saturated heterocycles. The smallest absolute Gasteiger partial charge is 0.282 e. The number of fused-ring (bicyclic) bond motifs is 3. The molecule has 4 rings (SSSR count). The van der Waals surface area contributed by atoms with Crippen molar-refractivity contribution in [3.05, 3.63) is 48.0 Å². The van der Waals surface area contributed by atoms with Crippen molar-refractivity contribution < 1.29 is 22.3 Å². The largest absolute Gasteiger partial charge is 0.390 e. The van der Waals surface area contributed by atoms with Crippen molar-refractivity contribution in [2.45, 2.75) is 26.0 Å². The third-order valence-corrected chi connectivity index (χ3v) is 7.49. The average Bonchev–Trinajstić information content (AvgIpc) is 2.95. The molecule has 0 radical (unpaired) electrons. The minimum absolute atomic E-state index is 0.0393. The Hall–Kier alpha value is -2.07. The maximum absolute atomic E-state index is 13.8. The summed E-state index contributed by atoms with van der Waals surface area (Å²) in [5.74, 6) is -0.860. The fourth-order valence-corrected chi connectivity index (χ4v) is 5.81. The molecule has 156 valence electrons. The SMILES string of the molecule is CCN1CCCN(CC(O)Cn2c3ccc(F)cc3c3cc(F)ccc32)S1(=O)=O. The summed E-state index contributed by atoms with van der Waals surface area (Å²) in [4.78, 5) is 0. The van der Waals surface area contributed by atoms with Gasteiger partial charge in [-0.25, -0.2) is 8.78 Å². The summed E-state index contributed by atoms with van der Waals surface area (Å²) < 4.78 is 57.3. The number of β-amino-alcohol motifs (C(OH)–C–C–N with tert-alkyl or cyclic N) is 1. The first-order chi connectivity index (χ1) is 13.8. The fraction of sp³-hybridized carbons (Fsp3) is 0.400. The van der Waals surface area contributed by atoms with E-state index in [9.17, 15) is 22.3 Å². The topological polar surface area (TPSA) is 65.8 Å². The van der Waals surface area contributed by atoms with Crippen LogP contribution in [0.3, 0.4) is 0 Å². The Bertz CT molecular complexity index is 1100. The molecule has 1 fully saturated rings. The van der Waals surface area contributed by atoms with E-state index in [2.05, 4.69) is 0 Å². The molecule has 0 bridgehead atoms. The van der Waals surface area contributed by atoms with Gasteiger partial charge in [-0.05, 0) is 42.8 Å². The lowest BCUT2D eigenvalue weighted by molar-refractivity contribution is 0.122. The van der Waals surface area contributed by atoms with Crippen LogP contribution in [0.15, 0.2) is 36.4 Å². The van der Waals surface area contributed by atoms with Gasteiger partial charge in [0.15, 0.2) is 0 Å². The van der Waals surface area contributed by atoms with Crippen LogP contribution >= 0.6 is 0 Å². The molecule has 1 unspecified atom stereocenters. The molecular formula is C20H23F2N3O3S. The Morgan fingerprint density at radius 2 is 1.52 bits per heavy atom. The third kappa shape index (κ3) is 3.63. The standard InChI is InChI=1S/C20H23F2N3O3S/c1-2-23-8-3-9-24(29(23,27)28)12-16(26)13-25-19-6-4-14(21)10-17(19)18-11-15(22)5-7-20(18)25/h4-7,10-11,16,26H,2-3,8-9,12-13H2,1H3. The highest BCUT2D eigenvalue weighted by Gasteiger charge is 2.33. The van der Waals surface area contributed by atoms with Gasteiger partial charge in [0.1, 0.15) is 11.6 Å². The summed E-state index contributed by atoms with van der Waals surface area (Å²) in [5.41, 5.74) is 1.31. The Morgan fingerprint density at radius 3 is 2.07 bits per heavy atom. The monoisotopic (exact) mass is 423 g/mol. The van der Waals surface area contributed by atoms with Gasteiger partial charge >= 0.3 is 0 Å². The minimum atomic E-state index is -3.59. The van der Waals surface area contributed by atoms with Crippen molar-refractivity contribution in [3.63, 3.8) is 0 Å². The van der Waals surface area contributed by atoms with Gasteiger partial charge in [0.2, 0.25) is 0 Å². The van der Waals surface area contributed by atoms with E-state index in [1.165, 1.54) is 32.9 Å². The van der Waals surface area contributed by atoms with Crippen LogP contribution in [0.5, 0.6) is 0 Å². The molecule has 1 aliphatic heterocycles. The normalized spacial score (nSPS) is 19.2. The first-order valence-corrected chi connectivity index (χ1v) is 11.0. The highest BCUT2D eigenvalue weighted by atomic mass is 32.2. The quantitative estimate of drug-likeness (QED) is 0.686. The van der Waals surface area contributed by atoms with Gasteiger partial charge in [-0.3, -0.25) is 0 Å². The molecule has 2 aromatic carbocycles. The average molecular weight is 423 g/mol. The zero-order valence-electron chi connectivity index (χ0n) is 16.1. The Morgan fingerprint density at radius 1 is 0.966 bits per heavy atom. The van der Waals surface area contributed by atoms with Gasteiger partial charge in [0.05, 0.1) is 12.6 Å². The van der Waals surface area contributed by atoms with E-state index < -0.39 is 27.9 Å². The van der Waals surface area contributed by atoms with Crippen LogP contribution in [0.2, 0.25) is 0 Å². The molecule has 1 aromatic heterocycles. The van der Waals surface area contributed by atoms with Crippen LogP contribution in [0, 0.1) is 11.6 Å². The molecule has 0 aliphatic carbocycles. The van der Waals surface area contributed by atoms with Gasteiger partial charge < -0.3 is 9.67 Å². The van der Waals surface area contributed by atoms with E-state index in [-0.39, 0.29) is 13.1 Å². The summed E-state index contributed by atoms with van der Waals surface area (Å²) >= 11 is 0. The molecule has 2 heterocycles. The molecule has 1 aliphatic rings. The van der Waals surface area contributed by atoms with Crippen LogP contribution in [0.25, 0.3) is 21.8 Å². The lowest BCUT2D eigenvalue weighted by atomic mass is 10.1. The van der Waals surface area contributed by atoms with Crippen LogP contribution in [0.4, 0.5) is 8.78 Å². The van der Waals surface area contributed by atoms with Crippen molar-refractivity contribution in [3.8, 4) is 0 Å². The van der Waals surface area contributed by atoms with Crippen LogP contribution in [-0.2, 0) is 16.8 Å². The third-order valence-electron chi connectivity index (χ3n) is 5.42. The summed E-state index contributed by atoms with van der Waals surface area (Å²) in [6.07, 6.45) is -0.274. The van der Waals surface area contributed by atoms with Gasteiger partial charge in [-0.1, -0.05) is 6.92 Å². The number of halogens is 2. The summed E-state index contributed by atoms with van der Waals surface area (Å²) in [5, 5.41) is 11.8. The van der Waals surface area contributed by atoms with Crippen LogP contribution in [0.1, 0.15) is 13.3 Å². The summed E-state index contributed by atoms with van der Waals surface area (Å²) in [6.45, 7) is 3.08. The number of aliphatic hydroxyl groups excluding tert-OH is 1. The van der Waals surface area contributed by atoms with Crippen molar-refractivity contribution >= 4 is 32.0 Å². The molecule has 0 saturated carbocycles. The van der Waals surface area contributed by atoms with E-state index in [1.807, 2.05) is 0 Å². The maximum atomic E-state index is 13.8. The van der Waals surface area contributed by atoms with Crippen LogP contribution in [-0.4, -0.2) is 59.0 Å². The predicted molar refractivity (Wildman–Crippen MR) is 108 cm³/mol. The number of hydrogen-bond donors (Lipinski definition) is 1. The molecule has 0 spiro atoms. The van der Waals surface area contributed by atoms with E-state index in [0.717, 1.165) is 0 Å². The zero-order chi connectivity index (χ0) is 20.8. The Kier molecular flexibility index (Phi) is 5.32. The number of rotatable bonds is 5. The Labute approximate surface area is 168 Å². The van der Waals surface area contributed by atoms with Crippen LogP contribution < -0.4 is 0 Å². The van der Waals surface area contributed by atoms with Crippen molar-refractivity contribution in [2.75, 3.05) is 26.2 Å². The van der Waals surface area contributed by atoms with Gasteiger partial charge in [0, 0.05) is 48.0 Å². The van der Waals surface area contributed by atoms with Crippen molar-refractivity contribution in [1.29, 1.82) is 0 Å². The number of nitrogens with zero attached hydrogens (tertiary/aromatic N) is 3. The van der Waals surface area contributed by atoms with Gasteiger partial charge in [0.25, 0.3) is 10.2 Å². The van der Waals surface area contributed by atoms with Gasteiger partial charge in [-0.2, -0.15) is 17.0 Å². The molecule has 6 nitrogen and oxygen atoms in total. The first kappa shape index (κ1) is 20.2. The zero-order valence-corrected chi connectivity index (χ0v) is 16.9. The van der Waals surface area contributed by atoms with Gasteiger partial charge in [-0.15, -0.1) is 0 Å². The molecule has 3 aromatic rings. The highest BCUT2D eigenvalue weighted by molar-refractivity contribution is 7.86. The maximum Gasteiger partial charge on any atom is 0.282 e. The molecule has 9 heteroatoms. The van der Waals surface area contributed by atoms with E-state index in [0.29, 0.717) is 47.9 Å². The highest BCUT2D eigenvalue weighted by Crippen LogP contribution is 2.30. The lowest BCUT2D eigenvalue weighted by Crippen LogP contribution is -2.51. The van der Waals surface area contributed by atoms with E-state index in [1.54, 1.807) is 23.6 Å². The first-order valence-electron chi connectivity index (χ1n) is 9.61. The van der Waals surface area contributed by atoms with Crippen molar-refractivity contribution in [1.82, 2.24) is 13.2 Å². The van der Waals surface area contributed by atoms with Crippen molar-refractivity contribution in [2.24, 2.45) is 0 Å². The summed E-state index contributed by atoms with van der Waals surface area (Å²) in [7, 11) is -3.59. The molecule has 29 heavy (non-hydrogen) atoms. The molecule has 1 N–H and O–H groups in total. The van der Waals surface area contributed by atoms with E-state index >= 15 is 0 Å². The minimum Gasteiger partial charge on any atom is -0.390 e. The molecule has 0 amide bonds. The van der Waals surface area contributed by atoms with E-state index in [4.69, 9.17) is 0 Å². The lowest BCUT2D eigenvalue weighted by Gasteiger charge is -2.35. The predicted octanol–water partition coefficient (Wildman–Crippen LogP) is 2.71. The molecular weight excluding hydrogens is 400 g/mol. The second kappa shape index (κ2) is 7.64. The number of benzene rings is 2. The second-order valence-corrected chi connectivity index (χ2v) is 9.23. The fourth-order valence-electron chi connectivity index (χ4n) is 4.07. The summed E-state index contributed by atoms with van der Waals surface area (Å²) in [6, 6.07) is 8.49. The number of aromatic nitrogens is 1. The number of hydrogen-bond acceptors (Lipinski definition) is 3. The molecule has 1 atom stereocenters. The number of aliphatic hydroxyl groups is 1. The Balaban J connectivity index is 1.67. The second-order valence-electron chi connectivity index (χ2n) is 7.30.